The first-order valence-electron chi connectivity index (χ1n) is 8.72. The summed E-state index contributed by atoms with van der Waals surface area (Å²) in [6.45, 7) is 4.87. The van der Waals surface area contributed by atoms with Crippen molar-refractivity contribution < 1.29 is 4.79 Å². The molecule has 2 fully saturated rings. The van der Waals surface area contributed by atoms with Crippen molar-refractivity contribution in [2.24, 2.45) is 5.92 Å². The van der Waals surface area contributed by atoms with Crippen molar-refractivity contribution in [2.45, 2.75) is 63.5 Å². The summed E-state index contributed by atoms with van der Waals surface area (Å²) in [5.41, 5.74) is 0.920. The number of benzene rings is 1. The van der Waals surface area contributed by atoms with Crippen LogP contribution in [0.25, 0.3) is 0 Å². The first-order chi connectivity index (χ1) is 10.9. The summed E-state index contributed by atoms with van der Waals surface area (Å²) in [6, 6.07) is 9.17. The normalized spacial score (nSPS) is 27.0. The van der Waals surface area contributed by atoms with Crippen molar-refractivity contribution in [3.63, 3.8) is 0 Å². The van der Waals surface area contributed by atoms with Crippen LogP contribution in [0.5, 0.6) is 0 Å². The van der Waals surface area contributed by atoms with Gasteiger partial charge < -0.3 is 10.6 Å². The van der Waals surface area contributed by atoms with Gasteiger partial charge in [-0.15, -0.1) is 0 Å². The summed E-state index contributed by atoms with van der Waals surface area (Å²) in [4.78, 5) is 12.3. The molecule has 0 saturated carbocycles. The van der Waals surface area contributed by atoms with Gasteiger partial charge in [-0.1, -0.05) is 43.6 Å². The van der Waals surface area contributed by atoms with Gasteiger partial charge >= 0.3 is 0 Å². The van der Waals surface area contributed by atoms with Gasteiger partial charge in [0.25, 0.3) is 0 Å². The number of hydrogen-bond acceptors (Lipinski definition) is 2. The standard InChI is InChI=1S/C19H27ClN2O/c1-19(2,16-5-3-4-6-17(16)20)12-21-18(23)11-13-9-14-7-8-15(10-13)22-14/h3-6,13-15,22H,7-12H2,1-2H3,(H,21,23). The molecule has 2 N–H and O–H groups in total. The van der Waals surface area contributed by atoms with Gasteiger partial charge in [-0.25, -0.2) is 0 Å². The van der Waals surface area contributed by atoms with E-state index >= 15 is 0 Å². The lowest BCUT2D eigenvalue weighted by atomic mass is 9.84. The van der Waals surface area contributed by atoms with Gasteiger partial charge in [-0.3, -0.25) is 4.79 Å². The fraction of sp³-hybridized carbons (Fsp3) is 0.632. The first kappa shape index (κ1) is 16.8. The molecule has 0 spiro atoms. The Kier molecular flexibility index (Phi) is 4.98. The van der Waals surface area contributed by atoms with Crippen LogP contribution in [0.3, 0.4) is 0 Å². The van der Waals surface area contributed by atoms with Gasteiger partial charge in [-0.2, -0.15) is 0 Å². The van der Waals surface area contributed by atoms with Gasteiger partial charge in [0.2, 0.25) is 5.91 Å². The van der Waals surface area contributed by atoms with Crippen LogP contribution in [0.2, 0.25) is 5.02 Å². The van der Waals surface area contributed by atoms with Crippen LogP contribution in [0, 0.1) is 5.92 Å². The number of carbonyl (C=O) groups excluding carboxylic acids is 1. The third-order valence-corrected chi connectivity index (χ3v) is 5.70. The maximum Gasteiger partial charge on any atom is 0.220 e. The molecule has 2 bridgehead atoms. The first-order valence-corrected chi connectivity index (χ1v) is 9.09. The number of carbonyl (C=O) groups is 1. The number of piperidine rings is 1. The summed E-state index contributed by atoms with van der Waals surface area (Å²) < 4.78 is 0. The van der Waals surface area contributed by atoms with Gasteiger partial charge in [0.05, 0.1) is 0 Å². The molecular weight excluding hydrogens is 308 g/mol. The van der Waals surface area contributed by atoms with E-state index in [1.165, 1.54) is 12.8 Å². The average Bonchev–Trinajstić information content (AvgIpc) is 2.84. The zero-order valence-electron chi connectivity index (χ0n) is 14.1. The molecule has 0 radical (unpaired) electrons. The van der Waals surface area contributed by atoms with Crippen molar-refractivity contribution in [2.75, 3.05) is 6.54 Å². The van der Waals surface area contributed by atoms with Gasteiger partial charge in [0.1, 0.15) is 0 Å². The summed E-state index contributed by atoms with van der Waals surface area (Å²) >= 11 is 6.30. The number of amides is 1. The largest absolute Gasteiger partial charge is 0.355 e. The minimum absolute atomic E-state index is 0.166. The Hall–Kier alpha value is -1.06. The maximum atomic E-state index is 12.3. The molecule has 1 aromatic carbocycles. The highest BCUT2D eigenvalue weighted by molar-refractivity contribution is 6.31. The fourth-order valence-electron chi connectivity index (χ4n) is 4.10. The molecular formula is C19H27ClN2O. The van der Waals surface area contributed by atoms with E-state index in [-0.39, 0.29) is 11.3 Å². The monoisotopic (exact) mass is 334 g/mol. The van der Waals surface area contributed by atoms with Crippen molar-refractivity contribution in [3.05, 3.63) is 34.9 Å². The van der Waals surface area contributed by atoms with Crippen LogP contribution >= 0.6 is 11.6 Å². The number of fused-ring (bicyclic) bond motifs is 2. The van der Waals surface area contributed by atoms with Crippen LogP contribution in [0.1, 0.15) is 51.5 Å². The molecule has 3 nitrogen and oxygen atoms in total. The Morgan fingerprint density at radius 3 is 2.57 bits per heavy atom. The number of rotatable bonds is 5. The zero-order chi connectivity index (χ0) is 16.4. The molecule has 0 aliphatic carbocycles. The van der Waals surface area contributed by atoms with Gasteiger partial charge in [-0.05, 0) is 43.2 Å². The van der Waals surface area contributed by atoms with E-state index in [0.717, 1.165) is 23.4 Å². The third-order valence-electron chi connectivity index (χ3n) is 5.38. The smallest absolute Gasteiger partial charge is 0.220 e. The van der Waals surface area contributed by atoms with Crippen molar-refractivity contribution >= 4 is 17.5 Å². The molecule has 2 unspecified atom stereocenters. The molecule has 1 aromatic rings. The highest BCUT2D eigenvalue weighted by Crippen LogP contribution is 2.33. The number of nitrogens with one attached hydrogen (secondary N) is 2. The highest BCUT2D eigenvalue weighted by atomic mass is 35.5. The van der Waals surface area contributed by atoms with E-state index in [1.807, 2.05) is 24.3 Å². The third kappa shape index (κ3) is 4.07. The van der Waals surface area contributed by atoms with Crippen LogP contribution in [-0.4, -0.2) is 24.5 Å². The second-order valence-electron chi connectivity index (χ2n) is 7.82. The molecule has 2 saturated heterocycles. The van der Waals surface area contributed by atoms with Crippen LogP contribution < -0.4 is 10.6 Å². The summed E-state index contributed by atoms with van der Waals surface area (Å²) in [5, 5.41) is 7.52. The van der Waals surface area contributed by atoms with E-state index in [1.54, 1.807) is 0 Å². The molecule has 2 heterocycles. The highest BCUT2D eigenvalue weighted by Gasteiger charge is 2.34. The van der Waals surface area contributed by atoms with E-state index < -0.39 is 0 Å². The topological polar surface area (TPSA) is 41.1 Å². The quantitative estimate of drug-likeness (QED) is 0.863. The Morgan fingerprint density at radius 2 is 1.91 bits per heavy atom. The van der Waals surface area contributed by atoms with E-state index in [9.17, 15) is 4.79 Å². The lowest BCUT2D eigenvalue weighted by molar-refractivity contribution is -0.122. The Morgan fingerprint density at radius 1 is 1.26 bits per heavy atom. The summed E-state index contributed by atoms with van der Waals surface area (Å²) in [7, 11) is 0. The summed E-state index contributed by atoms with van der Waals surface area (Å²) in [5.74, 6) is 0.716. The summed E-state index contributed by atoms with van der Waals surface area (Å²) in [6.07, 6.45) is 5.52. The molecule has 1 amide bonds. The fourth-order valence-corrected chi connectivity index (χ4v) is 4.49. The lowest BCUT2D eigenvalue weighted by Crippen LogP contribution is -2.41. The maximum absolute atomic E-state index is 12.3. The Bertz CT molecular complexity index is 560. The second kappa shape index (κ2) is 6.82. The van der Waals surface area contributed by atoms with Crippen molar-refractivity contribution in [1.29, 1.82) is 0 Å². The number of halogens is 1. The van der Waals surface area contributed by atoms with Crippen molar-refractivity contribution in [1.82, 2.24) is 10.6 Å². The molecule has 4 heteroatoms. The predicted molar refractivity (Wildman–Crippen MR) is 94.8 cm³/mol. The molecule has 23 heavy (non-hydrogen) atoms. The molecule has 0 aromatic heterocycles. The minimum Gasteiger partial charge on any atom is -0.355 e. The number of hydrogen-bond donors (Lipinski definition) is 2. The van der Waals surface area contributed by atoms with Gasteiger partial charge in [0.15, 0.2) is 0 Å². The second-order valence-corrected chi connectivity index (χ2v) is 8.23. The SMILES string of the molecule is CC(C)(CNC(=O)CC1CC2CCC(C1)N2)c1ccccc1Cl. The molecule has 3 rings (SSSR count). The van der Waals surface area contributed by atoms with Crippen LogP contribution in [0.4, 0.5) is 0 Å². The molecule has 126 valence electrons. The van der Waals surface area contributed by atoms with E-state index in [0.29, 0.717) is 31.0 Å². The van der Waals surface area contributed by atoms with E-state index in [4.69, 9.17) is 11.6 Å². The van der Waals surface area contributed by atoms with Gasteiger partial charge in [0, 0.05) is 35.5 Å². The lowest BCUT2D eigenvalue weighted by Gasteiger charge is -2.30. The van der Waals surface area contributed by atoms with Crippen molar-refractivity contribution in [3.8, 4) is 0 Å². The minimum atomic E-state index is -0.166. The Labute approximate surface area is 144 Å². The predicted octanol–water partition coefficient (Wildman–Crippen LogP) is 3.65. The average molecular weight is 335 g/mol. The van der Waals surface area contributed by atoms with Crippen LogP contribution in [-0.2, 0) is 10.2 Å². The van der Waals surface area contributed by atoms with Crippen LogP contribution in [0.15, 0.2) is 24.3 Å². The molecule has 2 aliphatic rings. The zero-order valence-corrected chi connectivity index (χ0v) is 14.8. The Balaban J connectivity index is 1.51. The molecule has 2 atom stereocenters. The molecule has 2 aliphatic heterocycles. The van der Waals surface area contributed by atoms with E-state index in [2.05, 4.69) is 24.5 Å².